The van der Waals surface area contributed by atoms with E-state index in [4.69, 9.17) is 9.47 Å². The number of benzene rings is 1. The molecule has 4 heteroatoms. The van der Waals surface area contributed by atoms with Gasteiger partial charge in [-0.3, -0.25) is 0 Å². The fourth-order valence-electron chi connectivity index (χ4n) is 2.29. The molecule has 1 atom stereocenters. The van der Waals surface area contributed by atoms with E-state index in [1.807, 2.05) is 6.92 Å². The first kappa shape index (κ1) is 13.9. The summed E-state index contributed by atoms with van der Waals surface area (Å²) in [5, 5.41) is 0. The third kappa shape index (κ3) is 3.96. The van der Waals surface area contributed by atoms with Crippen LogP contribution in [-0.2, 0) is 4.74 Å². The Morgan fingerprint density at radius 3 is 2.74 bits per heavy atom. The summed E-state index contributed by atoms with van der Waals surface area (Å²) in [5.41, 5.74) is 0.580. The molecule has 0 bridgehead atoms. The molecular formula is C15H21NO3. The van der Waals surface area contributed by atoms with Gasteiger partial charge >= 0.3 is 5.97 Å². The highest BCUT2D eigenvalue weighted by molar-refractivity contribution is 5.89. The molecule has 1 heterocycles. The minimum atomic E-state index is -0.247. The molecule has 1 fully saturated rings. The van der Waals surface area contributed by atoms with Gasteiger partial charge < -0.3 is 14.4 Å². The lowest BCUT2D eigenvalue weighted by molar-refractivity contribution is 0.0108. The highest BCUT2D eigenvalue weighted by atomic mass is 16.5. The van der Waals surface area contributed by atoms with Crippen molar-refractivity contribution in [3.63, 3.8) is 0 Å². The lowest BCUT2D eigenvalue weighted by Gasteiger charge is -2.29. The molecule has 0 aromatic heterocycles. The zero-order chi connectivity index (χ0) is 13.7. The average Bonchev–Trinajstić information content (AvgIpc) is 2.40. The number of carbonyl (C=O) groups is 1. The number of carbonyl (C=O) groups excluding carboxylic acids is 1. The van der Waals surface area contributed by atoms with Crippen LogP contribution < -0.4 is 4.74 Å². The molecule has 1 aliphatic heterocycles. The van der Waals surface area contributed by atoms with Crippen LogP contribution in [0.2, 0.25) is 0 Å². The van der Waals surface area contributed by atoms with Gasteiger partial charge in [0.1, 0.15) is 11.9 Å². The van der Waals surface area contributed by atoms with Crippen molar-refractivity contribution in [3.05, 3.63) is 29.8 Å². The summed E-state index contributed by atoms with van der Waals surface area (Å²) in [4.78, 5) is 14.2. The molecule has 104 valence electrons. The Morgan fingerprint density at radius 2 is 2.11 bits per heavy atom. The fourth-order valence-corrected chi connectivity index (χ4v) is 2.29. The zero-order valence-corrected chi connectivity index (χ0v) is 11.6. The van der Waals surface area contributed by atoms with Crippen LogP contribution in [0.4, 0.5) is 0 Å². The number of likely N-dealkylation sites (N-methyl/N-ethyl adjacent to an activating group) is 1. The van der Waals surface area contributed by atoms with Crippen molar-refractivity contribution in [1.29, 1.82) is 0 Å². The quantitative estimate of drug-likeness (QED) is 0.782. The number of esters is 1. The summed E-state index contributed by atoms with van der Waals surface area (Å²) in [6.45, 7) is 4.46. The summed E-state index contributed by atoms with van der Waals surface area (Å²) in [6, 6.07) is 7.10. The number of hydrogen-bond donors (Lipinski definition) is 0. The van der Waals surface area contributed by atoms with Crippen LogP contribution in [0.3, 0.4) is 0 Å². The maximum Gasteiger partial charge on any atom is 0.338 e. The topological polar surface area (TPSA) is 38.8 Å². The summed E-state index contributed by atoms with van der Waals surface area (Å²) in [7, 11) is 2.05. The number of hydrogen-bond acceptors (Lipinski definition) is 4. The molecule has 1 aliphatic rings. The number of ether oxygens (including phenoxy) is 2. The van der Waals surface area contributed by atoms with Crippen molar-refractivity contribution in [2.45, 2.75) is 25.9 Å². The molecule has 1 aromatic carbocycles. The molecule has 1 aromatic rings. The molecule has 0 aliphatic carbocycles. The lowest BCUT2D eigenvalue weighted by Crippen LogP contribution is -2.38. The highest BCUT2D eigenvalue weighted by Crippen LogP contribution is 2.16. The minimum absolute atomic E-state index is 0.0119. The Bertz CT molecular complexity index is 416. The number of rotatable bonds is 4. The van der Waals surface area contributed by atoms with E-state index >= 15 is 0 Å². The van der Waals surface area contributed by atoms with Gasteiger partial charge in [0.2, 0.25) is 0 Å². The first-order valence-electron chi connectivity index (χ1n) is 6.81. The molecule has 0 radical (unpaired) electrons. The van der Waals surface area contributed by atoms with Crippen LogP contribution in [0.15, 0.2) is 24.3 Å². The molecule has 0 unspecified atom stereocenters. The minimum Gasteiger partial charge on any atom is -0.494 e. The van der Waals surface area contributed by atoms with E-state index in [1.165, 1.54) is 0 Å². The van der Waals surface area contributed by atoms with Crippen molar-refractivity contribution >= 4 is 5.97 Å². The predicted octanol–water partition coefficient (Wildman–Crippen LogP) is 2.34. The fraction of sp³-hybridized carbons (Fsp3) is 0.533. The van der Waals surface area contributed by atoms with Crippen molar-refractivity contribution < 1.29 is 14.3 Å². The van der Waals surface area contributed by atoms with E-state index in [-0.39, 0.29) is 12.1 Å². The summed E-state index contributed by atoms with van der Waals surface area (Å²) < 4.78 is 10.9. The number of piperidine rings is 1. The van der Waals surface area contributed by atoms with Gasteiger partial charge in [-0.05, 0) is 57.6 Å². The van der Waals surface area contributed by atoms with E-state index in [0.29, 0.717) is 12.2 Å². The van der Waals surface area contributed by atoms with Gasteiger partial charge in [0, 0.05) is 6.54 Å². The molecular weight excluding hydrogens is 242 g/mol. The summed E-state index contributed by atoms with van der Waals surface area (Å²) >= 11 is 0. The third-order valence-corrected chi connectivity index (χ3v) is 3.26. The molecule has 4 nitrogen and oxygen atoms in total. The molecule has 1 saturated heterocycles. The van der Waals surface area contributed by atoms with Gasteiger partial charge in [-0.25, -0.2) is 4.79 Å². The molecule has 0 N–H and O–H groups in total. The van der Waals surface area contributed by atoms with Crippen LogP contribution in [-0.4, -0.2) is 43.7 Å². The molecule has 2 rings (SSSR count). The first-order valence-corrected chi connectivity index (χ1v) is 6.81. The lowest BCUT2D eigenvalue weighted by atomic mass is 10.1. The Kier molecular flexibility index (Phi) is 4.80. The van der Waals surface area contributed by atoms with Crippen LogP contribution in [0.5, 0.6) is 5.75 Å². The maximum absolute atomic E-state index is 12.0. The van der Waals surface area contributed by atoms with Crippen molar-refractivity contribution in [3.8, 4) is 5.75 Å². The second kappa shape index (κ2) is 6.57. The molecule has 0 saturated carbocycles. The largest absolute Gasteiger partial charge is 0.494 e. The average molecular weight is 263 g/mol. The van der Waals surface area contributed by atoms with Crippen LogP contribution in [0.1, 0.15) is 30.1 Å². The van der Waals surface area contributed by atoms with Gasteiger partial charge in [-0.15, -0.1) is 0 Å². The van der Waals surface area contributed by atoms with Crippen LogP contribution in [0.25, 0.3) is 0 Å². The van der Waals surface area contributed by atoms with E-state index in [2.05, 4.69) is 11.9 Å². The van der Waals surface area contributed by atoms with E-state index in [9.17, 15) is 4.79 Å². The molecule has 19 heavy (non-hydrogen) atoms. The second-order valence-corrected chi connectivity index (χ2v) is 4.89. The van der Waals surface area contributed by atoms with Gasteiger partial charge in [-0.1, -0.05) is 0 Å². The maximum atomic E-state index is 12.0. The van der Waals surface area contributed by atoms with Crippen LogP contribution in [0, 0.1) is 0 Å². The Hall–Kier alpha value is -1.55. The van der Waals surface area contributed by atoms with Gasteiger partial charge in [0.25, 0.3) is 0 Å². The number of nitrogens with zero attached hydrogens (tertiary/aromatic N) is 1. The highest BCUT2D eigenvalue weighted by Gasteiger charge is 2.21. The van der Waals surface area contributed by atoms with Crippen molar-refractivity contribution in [2.75, 3.05) is 26.7 Å². The van der Waals surface area contributed by atoms with Crippen molar-refractivity contribution in [1.82, 2.24) is 4.90 Å². The molecule has 0 spiro atoms. The van der Waals surface area contributed by atoms with E-state index in [1.54, 1.807) is 24.3 Å². The predicted molar refractivity (Wildman–Crippen MR) is 73.5 cm³/mol. The second-order valence-electron chi connectivity index (χ2n) is 4.89. The normalized spacial score (nSPS) is 20.0. The SMILES string of the molecule is CCOc1ccc(C(=O)O[C@H]2CCCN(C)C2)cc1. The summed E-state index contributed by atoms with van der Waals surface area (Å²) in [5.74, 6) is 0.528. The Balaban J connectivity index is 1.91. The smallest absolute Gasteiger partial charge is 0.338 e. The zero-order valence-electron chi connectivity index (χ0n) is 11.6. The Labute approximate surface area is 114 Å². The standard InChI is InChI=1S/C15H21NO3/c1-3-18-13-8-6-12(7-9-13)15(17)19-14-5-4-10-16(2)11-14/h6-9,14H,3-5,10-11H2,1-2H3/t14-/m0/s1. The van der Waals surface area contributed by atoms with E-state index < -0.39 is 0 Å². The van der Waals surface area contributed by atoms with Gasteiger partial charge in [-0.2, -0.15) is 0 Å². The van der Waals surface area contributed by atoms with Crippen LogP contribution >= 0.6 is 0 Å². The van der Waals surface area contributed by atoms with Crippen molar-refractivity contribution in [2.24, 2.45) is 0 Å². The Morgan fingerprint density at radius 1 is 1.37 bits per heavy atom. The van der Waals surface area contributed by atoms with Gasteiger partial charge in [0.15, 0.2) is 0 Å². The van der Waals surface area contributed by atoms with Gasteiger partial charge in [0.05, 0.1) is 12.2 Å². The third-order valence-electron chi connectivity index (χ3n) is 3.26. The number of likely N-dealkylation sites (tertiary alicyclic amines) is 1. The molecule has 0 amide bonds. The first-order chi connectivity index (χ1) is 9.19. The monoisotopic (exact) mass is 263 g/mol. The summed E-state index contributed by atoms with van der Waals surface area (Å²) in [6.07, 6.45) is 2.04. The van der Waals surface area contributed by atoms with E-state index in [0.717, 1.165) is 31.7 Å².